The average molecular weight is 352 g/mol. The molecule has 1 saturated carbocycles. The van der Waals surface area contributed by atoms with Gasteiger partial charge in [-0.25, -0.2) is 13.1 Å². The summed E-state index contributed by atoms with van der Waals surface area (Å²) in [6, 6.07) is 1.15. The van der Waals surface area contributed by atoms with Crippen LogP contribution in [0.5, 0.6) is 0 Å². The first kappa shape index (κ1) is 16.5. The van der Waals surface area contributed by atoms with Crippen molar-refractivity contribution < 1.29 is 8.42 Å². The monoisotopic (exact) mass is 350 g/mol. The fraction of sp³-hybridized carbons (Fsp3) is 0.556. The summed E-state index contributed by atoms with van der Waals surface area (Å²) in [6.07, 6.45) is 2.03. The van der Waals surface area contributed by atoms with Gasteiger partial charge in [-0.2, -0.15) is 0 Å². The van der Waals surface area contributed by atoms with Crippen molar-refractivity contribution in [3.05, 3.63) is 14.7 Å². The molecule has 104 valence electrons. The zero-order valence-corrected chi connectivity index (χ0v) is 13.2. The Morgan fingerprint density at radius 1 is 1.50 bits per heavy atom. The first-order valence-electron chi connectivity index (χ1n) is 5.11. The highest BCUT2D eigenvalue weighted by Crippen LogP contribution is 2.36. The van der Waals surface area contributed by atoms with E-state index < -0.39 is 10.0 Å². The van der Waals surface area contributed by atoms with Crippen molar-refractivity contribution in [2.45, 2.75) is 23.8 Å². The number of thiophene rings is 1. The standard InChI is InChI=1S/C9H12Cl2N2O2S2.ClH/c10-8-3-7(9(11)16-8)17(14,15)13-6(4-12)5-1-2-5;/h3,5-6,13H,1-2,4,12H2;1H. The summed E-state index contributed by atoms with van der Waals surface area (Å²) in [5.74, 6) is 0.350. The summed E-state index contributed by atoms with van der Waals surface area (Å²) in [4.78, 5) is 0.0354. The lowest BCUT2D eigenvalue weighted by atomic mass is 10.2. The quantitative estimate of drug-likeness (QED) is 0.856. The molecular formula is C9H13Cl3N2O2S2. The topological polar surface area (TPSA) is 72.2 Å². The molecule has 1 aromatic rings. The van der Waals surface area contributed by atoms with Crippen molar-refractivity contribution in [3.8, 4) is 0 Å². The molecule has 1 aliphatic carbocycles. The number of hydrogen-bond donors (Lipinski definition) is 2. The minimum absolute atomic E-state index is 0. The van der Waals surface area contributed by atoms with Gasteiger partial charge >= 0.3 is 0 Å². The second-order valence-corrected chi connectivity index (χ2v) is 7.96. The molecule has 0 spiro atoms. The molecule has 1 aliphatic rings. The fourth-order valence-corrected chi connectivity index (χ4v) is 5.07. The lowest BCUT2D eigenvalue weighted by molar-refractivity contribution is 0.519. The molecule has 1 atom stereocenters. The maximum absolute atomic E-state index is 12.1. The van der Waals surface area contributed by atoms with Crippen molar-refractivity contribution in [2.75, 3.05) is 6.54 Å². The van der Waals surface area contributed by atoms with Crippen molar-refractivity contribution in [1.82, 2.24) is 4.72 Å². The molecule has 0 aliphatic heterocycles. The van der Waals surface area contributed by atoms with Crippen molar-refractivity contribution in [3.63, 3.8) is 0 Å². The summed E-state index contributed by atoms with van der Waals surface area (Å²) < 4.78 is 27.2. The summed E-state index contributed by atoms with van der Waals surface area (Å²) in [5, 5.41) is 0. The van der Waals surface area contributed by atoms with Crippen LogP contribution in [-0.4, -0.2) is 21.0 Å². The predicted molar refractivity (Wildman–Crippen MR) is 77.5 cm³/mol. The van der Waals surface area contributed by atoms with Gasteiger partial charge in [0.2, 0.25) is 10.0 Å². The predicted octanol–water partition coefficient (Wildman–Crippen LogP) is 2.49. The van der Waals surface area contributed by atoms with Gasteiger partial charge in [0.15, 0.2) is 0 Å². The summed E-state index contributed by atoms with van der Waals surface area (Å²) >= 11 is 12.6. The largest absolute Gasteiger partial charge is 0.329 e. The number of nitrogens with one attached hydrogen (secondary N) is 1. The molecule has 3 N–H and O–H groups in total. The number of nitrogens with two attached hydrogens (primary N) is 1. The van der Waals surface area contributed by atoms with Gasteiger partial charge in [0.05, 0.1) is 4.34 Å². The van der Waals surface area contributed by atoms with E-state index in [1.165, 1.54) is 6.07 Å². The summed E-state index contributed by atoms with van der Waals surface area (Å²) in [5.41, 5.74) is 5.56. The third-order valence-corrected chi connectivity index (χ3v) is 5.91. The highest BCUT2D eigenvalue weighted by molar-refractivity contribution is 7.89. The van der Waals surface area contributed by atoms with Crippen LogP contribution in [0.25, 0.3) is 0 Å². The maximum Gasteiger partial charge on any atom is 0.243 e. The molecule has 0 bridgehead atoms. The van der Waals surface area contributed by atoms with Gasteiger partial charge in [0.25, 0.3) is 0 Å². The lowest BCUT2D eigenvalue weighted by Gasteiger charge is -2.15. The first-order valence-corrected chi connectivity index (χ1v) is 8.17. The van der Waals surface area contributed by atoms with Gasteiger partial charge in [-0.3, -0.25) is 0 Å². The Balaban J connectivity index is 0.00000162. The number of hydrogen-bond acceptors (Lipinski definition) is 4. The van der Waals surface area contributed by atoms with Gasteiger partial charge in [0, 0.05) is 12.6 Å². The van der Waals surface area contributed by atoms with Crippen LogP contribution >= 0.6 is 46.9 Å². The second kappa shape index (κ2) is 6.26. The molecule has 4 nitrogen and oxygen atoms in total. The van der Waals surface area contributed by atoms with Gasteiger partial charge < -0.3 is 5.73 Å². The van der Waals surface area contributed by atoms with Crippen LogP contribution in [0.1, 0.15) is 12.8 Å². The molecule has 1 heterocycles. The minimum Gasteiger partial charge on any atom is -0.329 e. The van der Waals surface area contributed by atoms with E-state index in [9.17, 15) is 8.42 Å². The molecule has 18 heavy (non-hydrogen) atoms. The third kappa shape index (κ3) is 3.72. The SMILES string of the molecule is Cl.NCC(NS(=O)(=O)c1cc(Cl)sc1Cl)C1CC1. The Bertz CT molecular complexity index is 514. The molecule has 0 saturated heterocycles. The van der Waals surface area contributed by atoms with Crippen LogP contribution < -0.4 is 10.5 Å². The highest BCUT2D eigenvalue weighted by Gasteiger charge is 2.34. The van der Waals surface area contributed by atoms with E-state index in [0.29, 0.717) is 16.8 Å². The molecule has 2 rings (SSSR count). The molecular weight excluding hydrogens is 339 g/mol. The molecule has 0 aromatic carbocycles. The third-order valence-electron chi connectivity index (χ3n) is 2.67. The van der Waals surface area contributed by atoms with Gasteiger partial charge in [0.1, 0.15) is 9.23 Å². The van der Waals surface area contributed by atoms with E-state index in [-0.39, 0.29) is 27.7 Å². The zero-order valence-electron chi connectivity index (χ0n) is 9.23. The van der Waals surface area contributed by atoms with E-state index in [0.717, 1.165) is 24.2 Å². The van der Waals surface area contributed by atoms with E-state index in [2.05, 4.69) is 4.72 Å². The Kier molecular flexibility index (Phi) is 5.74. The Hall–Kier alpha value is 0.440. The average Bonchev–Trinajstić information content (AvgIpc) is 3.01. The normalized spacial score (nSPS) is 17.3. The van der Waals surface area contributed by atoms with Crippen LogP contribution in [0.2, 0.25) is 8.67 Å². The summed E-state index contributed by atoms with van der Waals surface area (Å²) in [7, 11) is -3.62. The second-order valence-electron chi connectivity index (χ2n) is 3.99. The van der Waals surface area contributed by atoms with Crippen LogP contribution in [-0.2, 0) is 10.0 Å². The molecule has 0 amide bonds. The van der Waals surface area contributed by atoms with Crippen LogP contribution in [0.4, 0.5) is 0 Å². The van der Waals surface area contributed by atoms with Crippen LogP contribution in [0.3, 0.4) is 0 Å². The molecule has 0 radical (unpaired) electrons. The highest BCUT2D eigenvalue weighted by atomic mass is 35.5. The Morgan fingerprint density at radius 2 is 2.11 bits per heavy atom. The van der Waals surface area contributed by atoms with E-state index in [1.807, 2.05) is 0 Å². The van der Waals surface area contributed by atoms with Crippen LogP contribution in [0.15, 0.2) is 11.0 Å². The maximum atomic E-state index is 12.1. The minimum atomic E-state index is -3.62. The van der Waals surface area contributed by atoms with E-state index >= 15 is 0 Å². The number of rotatable bonds is 5. The molecule has 1 fully saturated rings. The van der Waals surface area contributed by atoms with Crippen LogP contribution in [0, 0.1) is 5.92 Å². The van der Waals surface area contributed by atoms with Crippen molar-refractivity contribution in [1.29, 1.82) is 0 Å². The zero-order chi connectivity index (χ0) is 12.6. The first-order chi connectivity index (χ1) is 7.94. The number of sulfonamides is 1. The Morgan fingerprint density at radius 3 is 2.50 bits per heavy atom. The molecule has 1 unspecified atom stereocenters. The lowest BCUT2D eigenvalue weighted by Crippen LogP contribution is -2.41. The van der Waals surface area contributed by atoms with Gasteiger partial charge in [-0.05, 0) is 24.8 Å². The Labute approximate surface area is 126 Å². The van der Waals surface area contributed by atoms with Crippen molar-refractivity contribution in [2.24, 2.45) is 11.7 Å². The molecule has 1 aromatic heterocycles. The molecule has 9 heteroatoms. The van der Waals surface area contributed by atoms with Gasteiger partial charge in [-0.1, -0.05) is 23.2 Å². The van der Waals surface area contributed by atoms with E-state index in [4.69, 9.17) is 28.9 Å². The summed E-state index contributed by atoms with van der Waals surface area (Å²) in [6.45, 7) is 0.291. The van der Waals surface area contributed by atoms with Gasteiger partial charge in [-0.15, -0.1) is 23.7 Å². The fourth-order valence-electron chi connectivity index (χ4n) is 1.61. The van der Waals surface area contributed by atoms with E-state index in [1.54, 1.807) is 0 Å². The smallest absolute Gasteiger partial charge is 0.243 e. The number of halogens is 3. The van der Waals surface area contributed by atoms with Crippen molar-refractivity contribution >= 4 is 57.0 Å².